The topological polar surface area (TPSA) is 139 Å². The van der Waals surface area contributed by atoms with Gasteiger partial charge in [0.25, 0.3) is 0 Å². The molecule has 3 aromatic rings. The van der Waals surface area contributed by atoms with E-state index in [0.717, 1.165) is 17.4 Å². The summed E-state index contributed by atoms with van der Waals surface area (Å²) in [4.78, 5) is 0. The molecule has 0 aliphatic rings. The predicted octanol–water partition coefficient (Wildman–Crippen LogP) is 3.02. The fourth-order valence-corrected chi connectivity index (χ4v) is 4.15. The van der Waals surface area contributed by atoms with Gasteiger partial charge in [-0.1, -0.05) is 30.3 Å². The third-order valence-electron chi connectivity index (χ3n) is 5.24. The first-order valence-corrected chi connectivity index (χ1v) is 12.3. The highest BCUT2D eigenvalue weighted by Crippen LogP contribution is 2.30. The molecule has 9 heteroatoms. The molecule has 0 aromatic heterocycles. The molecule has 8 nitrogen and oxygen atoms in total. The first kappa shape index (κ1) is 24.4. The number of hydrogen-bond acceptors (Lipinski definition) is 7. The van der Waals surface area contributed by atoms with Crippen molar-refractivity contribution in [1.29, 1.82) is 0 Å². The molecule has 33 heavy (non-hydrogen) atoms. The monoisotopic (exact) mass is 472 g/mol. The van der Waals surface area contributed by atoms with Gasteiger partial charge in [-0.05, 0) is 66.1 Å². The van der Waals surface area contributed by atoms with E-state index in [1.165, 1.54) is 18.2 Å². The third kappa shape index (κ3) is 7.11. The van der Waals surface area contributed by atoms with Crippen molar-refractivity contribution in [1.82, 2.24) is 5.32 Å². The van der Waals surface area contributed by atoms with Gasteiger partial charge in [-0.15, -0.1) is 0 Å². The second-order valence-corrected chi connectivity index (χ2v) is 9.64. The van der Waals surface area contributed by atoms with Crippen LogP contribution in [0.25, 0.3) is 0 Å². The second kappa shape index (κ2) is 10.6. The molecule has 0 saturated carbocycles. The van der Waals surface area contributed by atoms with Crippen molar-refractivity contribution in [3.8, 4) is 17.2 Å². The highest BCUT2D eigenvalue weighted by molar-refractivity contribution is 7.92. The molecule has 0 heterocycles. The SMILES string of the molecule is CS(=O)(=O)Nc1cc([C@@H](O)CNCCC(c2ccc(O)cc2)c2ccc(O)cc2)ccc1O. The molecular formula is C24H28N2O6S. The van der Waals surface area contributed by atoms with Crippen molar-refractivity contribution < 1.29 is 28.8 Å². The molecule has 0 aliphatic heterocycles. The van der Waals surface area contributed by atoms with Crippen LogP contribution in [0.15, 0.2) is 66.7 Å². The molecule has 0 spiro atoms. The number of aliphatic hydroxyl groups excluding tert-OH is 1. The molecule has 0 amide bonds. The Bertz CT molecular complexity index is 1120. The van der Waals surface area contributed by atoms with Crippen LogP contribution in [0.2, 0.25) is 0 Å². The molecule has 0 fully saturated rings. The van der Waals surface area contributed by atoms with Gasteiger partial charge in [0, 0.05) is 12.5 Å². The maximum atomic E-state index is 11.5. The van der Waals surface area contributed by atoms with Crippen LogP contribution in [0, 0.1) is 0 Å². The van der Waals surface area contributed by atoms with Gasteiger partial charge < -0.3 is 25.7 Å². The lowest BCUT2D eigenvalue weighted by molar-refractivity contribution is 0.174. The molecule has 0 aliphatic carbocycles. The Kier molecular flexibility index (Phi) is 7.80. The minimum atomic E-state index is -3.57. The van der Waals surface area contributed by atoms with Crippen LogP contribution >= 0.6 is 0 Å². The normalized spacial score (nSPS) is 12.6. The lowest BCUT2D eigenvalue weighted by atomic mass is 9.88. The van der Waals surface area contributed by atoms with Crippen molar-refractivity contribution in [2.75, 3.05) is 24.1 Å². The molecule has 0 radical (unpaired) electrons. The minimum Gasteiger partial charge on any atom is -0.508 e. The third-order valence-corrected chi connectivity index (χ3v) is 5.83. The molecule has 3 aromatic carbocycles. The van der Waals surface area contributed by atoms with E-state index in [2.05, 4.69) is 10.0 Å². The minimum absolute atomic E-state index is 0.00812. The van der Waals surface area contributed by atoms with Gasteiger partial charge in [0.05, 0.1) is 18.0 Å². The Hall–Kier alpha value is -3.27. The highest BCUT2D eigenvalue weighted by Gasteiger charge is 2.16. The summed E-state index contributed by atoms with van der Waals surface area (Å²) >= 11 is 0. The number of aliphatic hydroxyl groups is 1. The van der Waals surface area contributed by atoms with Gasteiger partial charge in [0.15, 0.2) is 0 Å². The van der Waals surface area contributed by atoms with Crippen LogP contribution in [-0.4, -0.2) is 48.2 Å². The van der Waals surface area contributed by atoms with Gasteiger partial charge in [-0.2, -0.15) is 0 Å². The van der Waals surface area contributed by atoms with E-state index < -0.39 is 16.1 Å². The molecule has 176 valence electrons. The number of benzene rings is 3. The zero-order chi connectivity index (χ0) is 24.0. The first-order valence-electron chi connectivity index (χ1n) is 10.4. The number of phenols is 3. The number of sulfonamides is 1. The van der Waals surface area contributed by atoms with Crippen molar-refractivity contribution in [2.24, 2.45) is 0 Å². The van der Waals surface area contributed by atoms with Crippen LogP contribution < -0.4 is 10.0 Å². The summed E-state index contributed by atoms with van der Waals surface area (Å²) in [6, 6.07) is 18.2. The molecule has 6 N–H and O–H groups in total. The Balaban J connectivity index is 1.64. The standard InChI is InChI=1S/C24H28N2O6S/c1-33(31,32)26-22-14-18(6-11-23(22)29)24(30)15-25-13-12-21(16-2-7-19(27)8-3-16)17-4-9-20(28)10-5-17/h2-11,14,21,24-30H,12-13,15H2,1H3/t24-/m0/s1. The maximum Gasteiger partial charge on any atom is 0.229 e. The molecule has 0 unspecified atom stereocenters. The predicted molar refractivity (Wildman–Crippen MR) is 127 cm³/mol. The smallest absolute Gasteiger partial charge is 0.229 e. The number of phenolic OH excluding ortho intramolecular Hbond substituents is 3. The Labute approximate surface area is 193 Å². The number of rotatable bonds is 10. The van der Waals surface area contributed by atoms with Crippen molar-refractivity contribution in [3.63, 3.8) is 0 Å². The van der Waals surface area contributed by atoms with Gasteiger partial charge in [-0.3, -0.25) is 4.72 Å². The zero-order valence-electron chi connectivity index (χ0n) is 18.1. The van der Waals surface area contributed by atoms with Crippen LogP contribution in [0.3, 0.4) is 0 Å². The fourth-order valence-electron chi connectivity index (χ4n) is 3.58. The van der Waals surface area contributed by atoms with Crippen molar-refractivity contribution in [3.05, 3.63) is 83.4 Å². The summed E-state index contributed by atoms with van der Waals surface area (Å²) in [7, 11) is -3.57. The van der Waals surface area contributed by atoms with Crippen LogP contribution in [-0.2, 0) is 10.0 Å². The second-order valence-electron chi connectivity index (χ2n) is 7.90. The number of hydrogen-bond donors (Lipinski definition) is 6. The number of anilines is 1. The Morgan fingerprint density at radius 1 is 0.818 bits per heavy atom. The Morgan fingerprint density at radius 2 is 1.33 bits per heavy atom. The summed E-state index contributed by atoms with van der Waals surface area (Å²) in [5, 5.41) is 42.8. The average molecular weight is 473 g/mol. The van der Waals surface area contributed by atoms with Crippen LogP contribution in [0.1, 0.15) is 35.1 Å². The number of aromatic hydroxyl groups is 3. The van der Waals surface area contributed by atoms with Gasteiger partial charge >= 0.3 is 0 Å². The van der Waals surface area contributed by atoms with Crippen LogP contribution in [0.5, 0.6) is 17.2 Å². The van der Waals surface area contributed by atoms with E-state index in [1.807, 2.05) is 24.3 Å². The van der Waals surface area contributed by atoms with Gasteiger partial charge in [-0.25, -0.2) is 8.42 Å². The summed E-state index contributed by atoms with van der Waals surface area (Å²) < 4.78 is 25.1. The lowest BCUT2D eigenvalue weighted by Crippen LogP contribution is -2.24. The number of nitrogens with one attached hydrogen (secondary N) is 2. The highest BCUT2D eigenvalue weighted by atomic mass is 32.2. The lowest BCUT2D eigenvalue weighted by Gasteiger charge is -2.20. The summed E-state index contributed by atoms with van der Waals surface area (Å²) in [6.45, 7) is 0.789. The molecule has 3 rings (SSSR count). The van der Waals surface area contributed by atoms with Crippen LogP contribution in [0.4, 0.5) is 5.69 Å². The molecule has 0 saturated heterocycles. The van der Waals surface area contributed by atoms with Gasteiger partial charge in [0.1, 0.15) is 17.2 Å². The molecular weight excluding hydrogens is 444 g/mol. The largest absolute Gasteiger partial charge is 0.508 e. The van der Waals surface area contributed by atoms with E-state index in [0.29, 0.717) is 18.5 Å². The molecule has 1 atom stereocenters. The van der Waals surface area contributed by atoms with Crippen molar-refractivity contribution >= 4 is 15.7 Å². The van der Waals surface area contributed by atoms with E-state index in [9.17, 15) is 28.8 Å². The molecule has 0 bridgehead atoms. The van der Waals surface area contributed by atoms with E-state index in [4.69, 9.17) is 0 Å². The fraction of sp³-hybridized carbons (Fsp3) is 0.250. The summed E-state index contributed by atoms with van der Waals surface area (Å²) in [5.41, 5.74) is 2.49. The van der Waals surface area contributed by atoms with E-state index in [-0.39, 0.29) is 35.4 Å². The first-order chi connectivity index (χ1) is 15.6. The summed E-state index contributed by atoms with van der Waals surface area (Å²) in [6.07, 6.45) is 0.764. The Morgan fingerprint density at radius 3 is 1.85 bits per heavy atom. The van der Waals surface area contributed by atoms with E-state index in [1.54, 1.807) is 24.3 Å². The summed E-state index contributed by atoms with van der Waals surface area (Å²) in [5.74, 6) is 0.149. The zero-order valence-corrected chi connectivity index (χ0v) is 19.0. The quantitative estimate of drug-likeness (QED) is 0.197. The van der Waals surface area contributed by atoms with E-state index >= 15 is 0 Å². The maximum absolute atomic E-state index is 11.5. The van der Waals surface area contributed by atoms with Crippen molar-refractivity contribution in [2.45, 2.75) is 18.4 Å². The average Bonchev–Trinajstić information content (AvgIpc) is 2.76. The van der Waals surface area contributed by atoms with Gasteiger partial charge in [0.2, 0.25) is 10.0 Å².